The number of alkyl halides is 6. The normalized spacial score (nSPS) is 25.1. The standard InChI is InChI=1S/C20H30N4O.2C2HF3O2/c1-7-21-19(22-8-1)24-9-6-20(15-24)14-23(10-16-2-3-16)11-18(20)13-25-12-17-4-5-17;2*3-2(4,5)1(6)7/h1,7-8,16-18H,2-6,9-15H2;2*(H,6,7)/t18-,20-;;/m1../s1. The minimum absolute atomic E-state index is 0.373. The minimum atomic E-state index is -5.08. The van der Waals surface area contributed by atoms with Crippen LogP contribution in [0.5, 0.6) is 0 Å². The van der Waals surface area contributed by atoms with Crippen LogP contribution in [0.25, 0.3) is 0 Å². The first-order valence-corrected chi connectivity index (χ1v) is 12.6. The summed E-state index contributed by atoms with van der Waals surface area (Å²) < 4.78 is 69.6. The Labute approximate surface area is 221 Å². The van der Waals surface area contributed by atoms with Crippen LogP contribution in [0.4, 0.5) is 32.3 Å². The fraction of sp³-hybridized carbons (Fsp3) is 0.750. The van der Waals surface area contributed by atoms with Crippen LogP contribution >= 0.6 is 0 Å². The summed E-state index contributed by atoms with van der Waals surface area (Å²) in [7, 11) is 0. The first-order chi connectivity index (χ1) is 18.2. The Bertz CT molecular complexity index is 935. The number of carboxylic acids is 2. The molecule has 9 nitrogen and oxygen atoms in total. The lowest BCUT2D eigenvalue weighted by molar-refractivity contribution is -0.193. The number of carboxylic acid groups (broad SMARTS) is 2. The van der Waals surface area contributed by atoms with Crippen molar-refractivity contribution in [3.05, 3.63) is 18.5 Å². The van der Waals surface area contributed by atoms with Crippen LogP contribution in [0.1, 0.15) is 32.1 Å². The van der Waals surface area contributed by atoms with E-state index in [0.29, 0.717) is 11.3 Å². The van der Waals surface area contributed by atoms with Crippen molar-refractivity contribution in [2.45, 2.75) is 44.5 Å². The topological polar surface area (TPSA) is 116 Å². The first kappa shape index (κ1) is 30.9. The summed E-state index contributed by atoms with van der Waals surface area (Å²) in [5, 5.41) is 14.2. The SMILES string of the molecule is O=C(O)C(F)(F)F.O=C(O)C(F)(F)F.c1cnc(N2CC[C@@]3(CN(CC4CC4)C[C@@H]3COCC3CC3)C2)nc1. The molecule has 2 aliphatic carbocycles. The van der Waals surface area contributed by atoms with Gasteiger partial charge in [-0.25, -0.2) is 19.6 Å². The third-order valence-corrected chi connectivity index (χ3v) is 7.17. The molecule has 2 saturated heterocycles. The van der Waals surface area contributed by atoms with Gasteiger partial charge in [0, 0.05) is 63.1 Å². The highest BCUT2D eigenvalue weighted by Gasteiger charge is 2.51. The van der Waals surface area contributed by atoms with E-state index in [1.54, 1.807) is 0 Å². The fourth-order valence-electron chi connectivity index (χ4n) is 4.82. The van der Waals surface area contributed by atoms with Gasteiger partial charge in [-0.3, -0.25) is 0 Å². The van der Waals surface area contributed by atoms with Crippen molar-refractivity contribution in [3.63, 3.8) is 0 Å². The molecular weight excluding hydrogens is 538 g/mol. The van der Waals surface area contributed by atoms with Gasteiger partial charge in [-0.05, 0) is 50.0 Å². The highest BCUT2D eigenvalue weighted by Crippen LogP contribution is 2.46. The summed E-state index contributed by atoms with van der Waals surface area (Å²) in [5.41, 5.74) is 0.373. The lowest BCUT2D eigenvalue weighted by Gasteiger charge is -2.30. The maximum Gasteiger partial charge on any atom is 0.490 e. The molecule has 0 radical (unpaired) electrons. The third-order valence-electron chi connectivity index (χ3n) is 7.17. The van der Waals surface area contributed by atoms with Crippen LogP contribution in [0.3, 0.4) is 0 Å². The molecule has 0 unspecified atom stereocenters. The van der Waals surface area contributed by atoms with Gasteiger partial charge >= 0.3 is 24.3 Å². The molecule has 1 spiro atoms. The van der Waals surface area contributed by atoms with Crippen molar-refractivity contribution < 1.29 is 50.9 Å². The molecule has 4 fully saturated rings. The van der Waals surface area contributed by atoms with E-state index in [0.717, 1.165) is 44.1 Å². The average Bonchev–Trinajstić information content (AvgIpc) is 3.77. The smallest absolute Gasteiger partial charge is 0.475 e. The molecular formula is C24H32F6N4O5. The van der Waals surface area contributed by atoms with Crippen LogP contribution in [0.2, 0.25) is 0 Å². The van der Waals surface area contributed by atoms with Gasteiger partial charge in [0.2, 0.25) is 5.95 Å². The highest BCUT2D eigenvalue weighted by molar-refractivity contribution is 5.73. The first-order valence-electron chi connectivity index (χ1n) is 12.6. The Morgan fingerprint density at radius 3 is 1.95 bits per heavy atom. The van der Waals surface area contributed by atoms with Crippen LogP contribution in [-0.2, 0) is 14.3 Å². The molecule has 0 amide bonds. The van der Waals surface area contributed by atoms with Gasteiger partial charge in [-0.1, -0.05) is 0 Å². The summed E-state index contributed by atoms with van der Waals surface area (Å²) in [6, 6.07) is 1.90. The Kier molecular flexibility index (Phi) is 10.0. The Morgan fingerprint density at radius 2 is 1.46 bits per heavy atom. The number of hydrogen-bond acceptors (Lipinski definition) is 7. The molecule has 0 bridgehead atoms. The molecule has 2 saturated carbocycles. The summed E-state index contributed by atoms with van der Waals surface area (Å²) in [4.78, 5) is 31.9. The van der Waals surface area contributed by atoms with Crippen LogP contribution in [-0.4, -0.2) is 95.3 Å². The number of hydrogen-bond donors (Lipinski definition) is 2. The van der Waals surface area contributed by atoms with Crippen molar-refractivity contribution in [1.82, 2.24) is 14.9 Å². The number of halogens is 6. The van der Waals surface area contributed by atoms with Crippen molar-refractivity contribution in [2.24, 2.45) is 23.2 Å². The van der Waals surface area contributed by atoms with E-state index in [9.17, 15) is 26.3 Å². The fourth-order valence-corrected chi connectivity index (χ4v) is 4.82. The minimum Gasteiger partial charge on any atom is -0.475 e. The van der Waals surface area contributed by atoms with E-state index in [4.69, 9.17) is 24.5 Å². The number of nitrogens with zero attached hydrogens (tertiary/aromatic N) is 4. The molecule has 220 valence electrons. The summed E-state index contributed by atoms with van der Waals surface area (Å²) in [6.45, 7) is 7.88. The van der Waals surface area contributed by atoms with Crippen molar-refractivity contribution in [3.8, 4) is 0 Å². The molecule has 0 aromatic carbocycles. The molecule has 5 rings (SSSR count). The Hall–Kier alpha value is -2.68. The van der Waals surface area contributed by atoms with E-state index in [1.807, 2.05) is 18.5 Å². The van der Waals surface area contributed by atoms with Gasteiger partial charge in [0.05, 0.1) is 6.61 Å². The number of rotatable bonds is 7. The lowest BCUT2D eigenvalue weighted by Crippen LogP contribution is -2.37. The highest BCUT2D eigenvalue weighted by atomic mass is 19.4. The van der Waals surface area contributed by atoms with E-state index in [1.165, 1.54) is 51.7 Å². The molecule has 39 heavy (non-hydrogen) atoms. The number of aliphatic carboxylic acids is 2. The van der Waals surface area contributed by atoms with E-state index < -0.39 is 24.3 Å². The average molecular weight is 571 g/mol. The van der Waals surface area contributed by atoms with Crippen LogP contribution in [0.15, 0.2) is 18.5 Å². The Balaban J connectivity index is 0.000000251. The Morgan fingerprint density at radius 1 is 0.923 bits per heavy atom. The predicted molar refractivity (Wildman–Crippen MR) is 125 cm³/mol. The monoisotopic (exact) mass is 570 g/mol. The van der Waals surface area contributed by atoms with Crippen LogP contribution in [0, 0.1) is 23.2 Å². The lowest BCUT2D eigenvalue weighted by atomic mass is 9.77. The molecule has 1 aromatic rings. The second-order valence-corrected chi connectivity index (χ2v) is 10.5. The van der Waals surface area contributed by atoms with E-state index in [2.05, 4.69) is 19.8 Å². The molecule has 2 N–H and O–H groups in total. The molecule has 2 atom stereocenters. The second-order valence-electron chi connectivity index (χ2n) is 10.5. The molecule has 3 heterocycles. The number of likely N-dealkylation sites (tertiary alicyclic amines) is 1. The summed E-state index contributed by atoms with van der Waals surface area (Å²) in [5.74, 6) is -2.12. The number of carbonyl (C=O) groups is 2. The summed E-state index contributed by atoms with van der Waals surface area (Å²) in [6.07, 6.45) is 0.442. The van der Waals surface area contributed by atoms with Crippen molar-refractivity contribution in [1.29, 1.82) is 0 Å². The van der Waals surface area contributed by atoms with E-state index in [-0.39, 0.29) is 0 Å². The molecule has 15 heteroatoms. The predicted octanol–water partition coefficient (Wildman–Crippen LogP) is 3.71. The maximum atomic E-state index is 10.6. The van der Waals surface area contributed by atoms with Gasteiger partial charge in [0.25, 0.3) is 0 Å². The van der Waals surface area contributed by atoms with Crippen molar-refractivity contribution in [2.75, 3.05) is 50.8 Å². The molecule has 2 aliphatic heterocycles. The van der Waals surface area contributed by atoms with Gasteiger partial charge in [0.1, 0.15) is 0 Å². The van der Waals surface area contributed by atoms with Gasteiger partial charge in [-0.2, -0.15) is 26.3 Å². The number of anilines is 1. The van der Waals surface area contributed by atoms with Gasteiger partial charge in [0.15, 0.2) is 0 Å². The number of aromatic nitrogens is 2. The molecule has 4 aliphatic rings. The largest absolute Gasteiger partial charge is 0.490 e. The third kappa shape index (κ3) is 9.78. The summed E-state index contributed by atoms with van der Waals surface area (Å²) >= 11 is 0. The zero-order valence-electron chi connectivity index (χ0n) is 21.1. The zero-order chi connectivity index (χ0) is 28.8. The quantitative estimate of drug-likeness (QED) is 0.474. The second kappa shape index (κ2) is 12.7. The number of ether oxygens (including phenoxy) is 1. The zero-order valence-corrected chi connectivity index (χ0v) is 21.1. The van der Waals surface area contributed by atoms with Gasteiger partial charge in [-0.15, -0.1) is 0 Å². The van der Waals surface area contributed by atoms with Gasteiger partial charge < -0.3 is 24.7 Å². The molecule has 1 aromatic heterocycles. The van der Waals surface area contributed by atoms with Crippen LogP contribution < -0.4 is 4.90 Å². The maximum absolute atomic E-state index is 10.6. The van der Waals surface area contributed by atoms with E-state index >= 15 is 0 Å². The van der Waals surface area contributed by atoms with Crippen molar-refractivity contribution >= 4 is 17.9 Å².